The normalized spacial score (nSPS) is 16.7. The summed E-state index contributed by atoms with van der Waals surface area (Å²) in [4.78, 5) is 14.2. The maximum atomic E-state index is 13.7. The van der Waals surface area contributed by atoms with Crippen LogP contribution in [0.15, 0.2) is 48.5 Å². The van der Waals surface area contributed by atoms with Gasteiger partial charge >= 0.3 is 0 Å². The highest BCUT2D eigenvalue weighted by Crippen LogP contribution is 2.29. The highest BCUT2D eigenvalue weighted by atomic mass is 19.1. The molecule has 1 aliphatic rings. The molecule has 0 fully saturated rings. The summed E-state index contributed by atoms with van der Waals surface area (Å²) in [5, 5.41) is 3.13. The Bertz CT molecular complexity index is 716. The lowest BCUT2D eigenvalue weighted by molar-refractivity contribution is -0.122. The first-order valence-electron chi connectivity index (χ1n) is 8.42. The molecule has 0 spiro atoms. The number of hydrogen-bond donors (Lipinski definition) is 1. The molecule has 0 radical (unpaired) electrons. The molecule has 0 aromatic heterocycles. The van der Waals surface area contributed by atoms with Crippen molar-refractivity contribution in [1.29, 1.82) is 0 Å². The first kappa shape index (κ1) is 16.7. The number of halogens is 1. The van der Waals surface area contributed by atoms with Crippen LogP contribution in [0.25, 0.3) is 0 Å². The maximum absolute atomic E-state index is 13.7. The van der Waals surface area contributed by atoms with Crippen LogP contribution in [0.3, 0.4) is 0 Å². The fraction of sp³-hybridized carbons (Fsp3) is 0.350. The molecule has 0 saturated carbocycles. The number of nitrogens with zero attached hydrogens (tertiary/aromatic N) is 1. The van der Waals surface area contributed by atoms with Gasteiger partial charge < -0.3 is 5.32 Å². The lowest BCUT2D eigenvalue weighted by Gasteiger charge is -2.27. The molecule has 2 aromatic rings. The van der Waals surface area contributed by atoms with Crippen molar-refractivity contribution in [2.75, 3.05) is 13.6 Å². The molecule has 1 atom stereocenters. The van der Waals surface area contributed by atoms with E-state index in [-0.39, 0.29) is 24.3 Å². The molecule has 1 amide bonds. The zero-order chi connectivity index (χ0) is 16.9. The van der Waals surface area contributed by atoms with Crippen LogP contribution in [0, 0.1) is 5.82 Å². The fourth-order valence-electron chi connectivity index (χ4n) is 3.36. The Balaban J connectivity index is 1.57. The molecular weight excluding hydrogens is 303 g/mol. The first-order valence-corrected chi connectivity index (χ1v) is 8.42. The van der Waals surface area contributed by atoms with Crippen molar-refractivity contribution < 1.29 is 9.18 Å². The van der Waals surface area contributed by atoms with Gasteiger partial charge in [0.1, 0.15) is 5.82 Å². The van der Waals surface area contributed by atoms with Gasteiger partial charge in [0.05, 0.1) is 12.6 Å². The predicted octanol–water partition coefficient (Wildman–Crippen LogP) is 3.45. The van der Waals surface area contributed by atoms with Gasteiger partial charge in [0, 0.05) is 12.1 Å². The van der Waals surface area contributed by atoms with Crippen LogP contribution in [0.5, 0.6) is 0 Å². The molecular formula is C20H23FN2O. The number of nitrogens with one attached hydrogen (secondary N) is 1. The van der Waals surface area contributed by atoms with E-state index in [1.54, 1.807) is 12.1 Å². The molecule has 1 unspecified atom stereocenters. The quantitative estimate of drug-likeness (QED) is 0.913. The lowest BCUT2D eigenvalue weighted by atomic mass is 9.88. The van der Waals surface area contributed by atoms with E-state index in [9.17, 15) is 9.18 Å². The largest absolute Gasteiger partial charge is 0.348 e. The zero-order valence-electron chi connectivity index (χ0n) is 14.0. The van der Waals surface area contributed by atoms with Gasteiger partial charge in [0.15, 0.2) is 0 Å². The van der Waals surface area contributed by atoms with E-state index in [1.165, 1.54) is 17.2 Å². The molecule has 0 saturated heterocycles. The molecule has 1 N–H and O–H groups in total. The first-order chi connectivity index (χ1) is 11.6. The monoisotopic (exact) mass is 326 g/mol. The van der Waals surface area contributed by atoms with Crippen LogP contribution in [0.4, 0.5) is 4.39 Å². The summed E-state index contributed by atoms with van der Waals surface area (Å²) in [7, 11) is 1.83. The summed E-state index contributed by atoms with van der Waals surface area (Å²) in [6, 6.07) is 15.1. The van der Waals surface area contributed by atoms with Crippen molar-refractivity contribution in [2.24, 2.45) is 0 Å². The second-order valence-electron chi connectivity index (χ2n) is 6.47. The summed E-state index contributed by atoms with van der Waals surface area (Å²) in [5.74, 6) is -0.249. The topological polar surface area (TPSA) is 32.3 Å². The van der Waals surface area contributed by atoms with Gasteiger partial charge in [0.25, 0.3) is 0 Å². The second-order valence-corrected chi connectivity index (χ2v) is 6.47. The smallest absolute Gasteiger partial charge is 0.234 e. The number of fused-ring (bicyclic) bond motifs is 1. The highest BCUT2D eigenvalue weighted by Gasteiger charge is 2.21. The predicted molar refractivity (Wildman–Crippen MR) is 93.0 cm³/mol. The molecule has 24 heavy (non-hydrogen) atoms. The molecule has 3 nitrogen and oxygen atoms in total. The third-order valence-electron chi connectivity index (χ3n) is 4.52. The molecule has 126 valence electrons. The fourth-order valence-corrected chi connectivity index (χ4v) is 3.36. The summed E-state index contributed by atoms with van der Waals surface area (Å²) in [6.45, 7) is 0.675. The Labute approximate surface area is 142 Å². The van der Waals surface area contributed by atoms with Gasteiger partial charge in [-0.1, -0.05) is 42.5 Å². The number of rotatable bonds is 5. The number of carbonyl (C=O) groups excluding carboxylic acids is 1. The molecule has 0 aliphatic heterocycles. The maximum Gasteiger partial charge on any atom is 0.234 e. The van der Waals surface area contributed by atoms with Crippen LogP contribution in [-0.4, -0.2) is 24.4 Å². The Hall–Kier alpha value is -2.20. The third-order valence-corrected chi connectivity index (χ3v) is 4.52. The number of benzene rings is 2. The number of likely N-dealkylation sites (N-methyl/N-ethyl adjacent to an activating group) is 1. The van der Waals surface area contributed by atoms with Gasteiger partial charge in [-0.15, -0.1) is 0 Å². The van der Waals surface area contributed by atoms with Gasteiger partial charge in [0.2, 0.25) is 5.91 Å². The Morgan fingerprint density at radius 2 is 1.96 bits per heavy atom. The second kappa shape index (κ2) is 7.58. The number of carbonyl (C=O) groups is 1. The average Bonchev–Trinajstić information content (AvgIpc) is 2.57. The van der Waals surface area contributed by atoms with E-state index < -0.39 is 0 Å². The van der Waals surface area contributed by atoms with E-state index in [0.717, 1.165) is 19.3 Å². The minimum atomic E-state index is -0.231. The molecule has 0 bridgehead atoms. The summed E-state index contributed by atoms with van der Waals surface area (Å²) >= 11 is 0. The van der Waals surface area contributed by atoms with Crippen molar-refractivity contribution >= 4 is 5.91 Å². The lowest BCUT2D eigenvalue weighted by Crippen LogP contribution is -2.38. The van der Waals surface area contributed by atoms with Crippen LogP contribution < -0.4 is 5.32 Å². The van der Waals surface area contributed by atoms with Crippen molar-refractivity contribution in [3.8, 4) is 0 Å². The van der Waals surface area contributed by atoms with Crippen LogP contribution in [-0.2, 0) is 17.8 Å². The Morgan fingerprint density at radius 1 is 1.21 bits per heavy atom. The third kappa shape index (κ3) is 4.01. The standard InChI is InChI=1S/C20H23FN2O/c1-23(13-16-8-3-5-11-18(16)21)14-20(24)22-19-12-6-9-15-7-2-4-10-17(15)19/h2-5,7-8,10-11,19H,6,9,12-14H2,1H3,(H,22,24). The molecule has 0 heterocycles. The van der Waals surface area contributed by atoms with Gasteiger partial charge in [-0.05, 0) is 43.5 Å². The Morgan fingerprint density at radius 3 is 2.79 bits per heavy atom. The van der Waals surface area contributed by atoms with Gasteiger partial charge in [-0.25, -0.2) is 4.39 Å². The number of aryl methyl sites for hydroxylation is 1. The van der Waals surface area contributed by atoms with Crippen LogP contribution >= 0.6 is 0 Å². The van der Waals surface area contributed by atoms with E-state index in [4.69, 9.17) is 0 Å². The zero-order valence-corrected chi connectivity index (χ0v) is 14.0. The molecule has 3 rings (SSSR count). The summed E-state index contributed by atoms with van der Waals surface area (Å²) in [5.41, 5.74) is 3.17. The van der Waals surface area contributed by atoms with E-state index in [0.29, 0.717) is 12.1 Å². The molecule has 1 aliphatic carbocycles. The van der Waals surface area contributed by atoms with E-state index >= 15 is 0 Å². The SMILES string of the molecule is CN(CC(=O)NC1CCCc2ccccc21)Cc1ccccc1F. The van der Waals surface area contributed by atoms with Gasteiger partial charge in [-0.2, -0.15) is 0 Å². The van der Waals surface area contributed by atoms with Crippen molar-refractivity contribution in [1.82, 2.24) is 10.2 Å². The van der Waals surface area contributed by atoms with E-state index in [2.05, 4.69) is 17.4 Å². The minimum absolute atomic E-state index is 0.0180. The number of hydrogen-bond acceptors (Lipinski definition) is 2. The van der Waals surface area contributed by atoms with Gasteiger partial charge in [-0.3, -0.25) is 9.69 Å². The van der Waals surface area contributed by atoms with Crippen LogP contribution in [0.1, 0.15) is 35.6 Å². The number of amides is 1. The van der Waals surface area contributed by atoms with Crippen molar-refractivity contribution in [3.05, 3.63) is 71.0 Å². The van der Waals surface area contributed by atoms with E-state index in [1.807, 2.05) is 30.1 Å². The van der Waals surface area contributed by atoms with Crippen molar-refractivity contribution in [3.63, 3.8) is 0 Å². The minimum Gasteiger partial charge on any atom is -0.348 e. The molecule has 2 aromatic carbocycles. The summed E-state index contributed by atoms with van der Waals surface area (Å²) < 4.78 is 13.7. The average molecular weight is 326 g/mol. The van der Waals surface area contributed by atoms with Crippen molar-refractivity contribution in [2.45, 2.75) is 31.8 Å². The Kier molecular flexibility index (Phi) is 5.26. The summed E-state index contributed by atoms with van der Waals surface area (Å²) in [6.07, 6.45) is 3.14. The highest BCUT2D eigenvalue weighted by molar-refractivity contribution is 5.78. The van der Waals surface area contributed by atoms with Crippen LogP contribution in [0.2, 0.25) is 0 Å². The molecule has 4 heteroatoms.